The van der Waals surface area contributed by atoms with E-state index in [0.29, 0.717) is 35.1 Å². The van der Waals surface area contributed by atoms with Crippen molar-refractivity contribution in [2.45, 2.75) is 39.2 Å². The normalized spacial score (nSPS) is 14.8. The Balaban J connectivity index is 1.71. The van der Waals surface area contributed by atoms with Crippen LogP contribution < -0.4 is 10.6 Å². The van der Waals surface area contributed by atoms with E-state index in [1.807, 2.05) is 24.3 Å². The standard InChI is InChI=1S/C27H26FN3O4/c1-3-29-27(34)31-25(32)16(2)35-26(33)23-20-8-4-5-10-22(20)30-24-18(7-6-9-21(23)24)15-17-11-13-19(28)14-12-17/h4-5,8,10-16H,3,6-7,9H2,1-2H3,(H2,29,31,32,34). The number of nitrogens with one attached hydrogen (secondary N) is 2. The van der Waals surface area contributed by atoms with Gasteiger partial charge in [0.15, 0.2) is 6.10 Å². The van der Waals surface area contributed by atoms with Crippen molar-refractivity contribution in [3.05, 3.63) is 76.7 Å². The van der Waals surface area contributed by atoms with Crippen LogP contribution in [0.5, 0.6) is 0 Å². The largest absolute Gasteiger partial charge is 0.449 e. The first-order chi connectivity index (χ1) is 16.9. The summed E-state index contributed by atoms with van der Waals surface area (Å²) in [4.78, 5) is 42.2. The molecule has 0 bridgehead atoms. The number of allylic oxidation sites excluding steroid dienone is 1. The number of benzene rings is 2. The lowest BCUT2D eigenvalue weighted by atomic mass is 9.86. The molecule has 8 heteroatoms. The second kappa shape index (κ2) is 10.5. The molecule has 1 unspecified atom stereocenters. The van der Waals surface area contributed by atoms with Crippen LogP contribution in [0.1, 0.15) is 53.9 Å². The Morgan fingerprint density at radius 2 is 1.86 bits per heavy atom. The highest BCUT2D eigenvalue weighted by atomic mass is 19.1. The summed E-state index contributed by atoms with van der Waals surface area (Å²) in [6.45, 7) is 3.50. The van der Waals surface area contributed by atoms with E-state index in [0.717, 1.165) is 29.5 Å². The number of rotatable bonds is 5. The number of ether oxygens (including phenoxy) is 1. The molecule has 0 radical (unpaired) electrons. The number of para-hydroxylation sites is 1. The Bertz CT molecular complexity index is 1320. The number of pyridine rings is 1. The topological polar surface area (TPSA) is 97.4 Å². The SMILES string of the molecule is CCNC(=O)NC(=O)C(C)OC(=O)c1c2c(nc3ccccc13)C(=Cc1ccc(F)cc1)CCC2. The fourth-order valence-corrected chi connectivity index (χ4v) is 4.16. The van der Waals surface area contributed by atoms with Crippen molar-refractivity contribution in [1.82, 2.24) is 15.6 Å². The van der Waals surface area contributed by atoms with Crippen LogP contribution in [0, 0.1) is 5.82 Å². The zero-order valence-corrected chi connectivity index (χ0v) is 19.6. The Morgan fingerprint density at radius 3 is 2.60 bits per heavy atom. The molecule has 1 aliphatic rings. The van der Waals surface area contributed by atoms with Gasteiger partial charge in [-0.3, -0.25) is 10.1 Å². The van der Waals surface area contributed by atoms with E-state index >= 15 is 0 Å². The molecule has 1 aliphatic carbocycles. The number of hydrogen-bond acceptors (Lipinski definition) is 5. The molecular formula is C27H26FN3O4. The van der Waals surface area contributed by atoms with E-state index in [1.54, 1.807) is 25.1 Å². The molecule has 0 spiro atoms. The highest BCUT2D eigenvalue weighted by Gasteiger charge is 2.28. The first-order valence-electron chi connectivity index (χ1n) is 11.5. The van der Waals surface area contributed by atoms with Gasteiger partial charge in [-0.2, -0.15) is 0 Å². The van der Waals surface area contributed by atoms with Gasteiger partial charge in [0, 0.05) is 11.9 Å². The van der Waals surface area contributed by atoms with E-state index in [1.165, 1.54) is 19.1 Å². The van der Waals surface area contributed by atoms with Crippen LogP contribution in [0.15, 0.2) is 48.5 Å². The number of imide groups is 1. The lowest BCUT2D eigenvalue weighted by Crippen LogP contribution is -2.44. The molecule has 0 saturated carbocycles. The number of carbonyl (C=O) groups excluding carboxylic acids is 3. The van der Waals surface area contributed by atoms with Crippen LogP contribution >= 0.6 is 0 Å². The monoisotopic (exact) mass is 475 g/mol. The molecule has 1 atom stereocenters. The number of urea groups is 1. The van der Waals surface area contributed by atoms with Crippen molar-refractivity contribution in [1.29, 1.82) is 0 Å². The maximum atomic E-state index is 13.4. The summed E-state index contributed by atoms with van der Waals surface area (Å²) in [6.07, 6.45) is 2.96. The van der Waals surface area contributed by atoms with Crippen LogP contribution in [-0.2, 0) is 16.0 Å². The molecule has 3 aromatic rings. The molecule has 180 valence electrons. The van der Waals surface area contributed by atoms with Crippen molar-refractivity contribution in [3.63, 3.8) is 0 Å². The molecule has 3 amide bonds. The average molecular weight is 476 g/mol. The molecular weight excluding hydrogens is 449 g/mol. The summed E-state index contributed by atoms with van der Waals surface area (Å²) < 4.78 is 18.9. The number of hydrogen-bond donors (Lipinski definition) is 2. The first kappa shape index (κ1) is 24.1. The minimum Gasteiger partial charge on any atom is -0.449 e. The van der Waals surface area contributed by atoms with Crippen molar-refractivity contribution in [3.8, 4) is 0 Å². The third kappa shape index (κ3) is 5.37. The molecule has 1 aromatic heterocycles. The summed E-state index contributed by atoms with van der Waals surface area (Å²) in [5, 5.41) is 5.26. The van der Waals surface area contributed by atoms with Gasteiger partial charge in [0.2, 0.25) is 0 Å². The molecule has 1 heterocycles. The van der Waals surface area contributed by atoms with Gasteiger partial charge in [-0.1, -0.05) is 30.3 Å². The third-order valence-corrected chi connectivity index (χ3v) is 5.81. The van der Waals surface area contributed by atoms with Gasteiger partial charge in [0.25, 0.3) is 5.91 Å². The first-order valence-corrected chi connectivity index (χ1v) is 11.5. The fraction of sp³-hybridized carbons (Fsp3) is 0.259. The Kier molecular flexibility index (Phi) is 7.19. The zero-order valence-electron chi connectivity index (χ0n) is 19.6. The van der Waals surface area contributed by atoms with Crippen LogP contribution in [-0.4, -0.2) is 35.5 Å². The minimum absolute atomic E-state index is 0.310. The third-order valence-electron chi connectivity index (χ3n) is 5.81. The van der Waals surface area contributed by atoms with Crippen LogP contribution in [0.3, 0.4) is 0 Å². The van der Waals surface area contributed by atoms with Gasteiger partial charge >= 0.3 is 12.0 Å². The summed E-state index contributed by atoms with van der Waals surface area (Å²) >= 11 is 0. The highest BCUT2D eigenvalue weighted by molar-refractivity contribution is 6.07. The lowest BCUT2D eigenvalue weighted by Gasteiger charge is -2.23. The highest BCUT2D eigenvalue weighted by Crippen LogP contribution is 2.36. The zero-order chi connectivity index (χ0) is 24.9. The van der Waals surface area contributed by atoms with Gasteiger partial charge in [-0.25, -0.2) is 19.0 Å². The molecule has 35 heavy (non-hydrogen) atoms. The van der Waals surface area contributed by atoms with Crippen molar-refractivity contribution in [2.24, 2.45) is 0 Å². The smallest absolute Gasteiger partial charge is 0.339 e. The maximum absolute atomic E-state index is 13.4. The number of esters is 1. The second-order valence-electron chi connectivity index (χ2n) is 8.30. The van der Waals surface area contributed by atoms with Gasteiger partial charge in [-0.05, 0) is 74.1 Å². The molecule has 0 fully saturated rings. The predicted molar refractivity (Wildman–Crippen MR) is 131 cm³/mol. The number of halogens is 1. The van der Waals surface area contributed by atoms with Crippen molar-refractivity contribution < 1.29 is 23.5 Å². The van der Waals surface area contributed by atoms with E-state index in [4.69, 9.17) is 9.72 Å². The number of carbonyl (C=O) groups is 3. The Hall–Kier alpha value is -4.07. The molecule has 7 nitrogen and oxygen atoms in total. The summed E-state index contributed by atoms with van der Waals surface area (Å²) in [7, 11) is 0. The van der Waals surface area contributed by atoms with Gasteiger partial charge in [0.1, 0.15) is 5.82 Å². The molecule has 4 rings (SSSR count). The Labute approximate surface area is 202 Å². The summed E-state index contributed by atoms with van der Waals surface area (Å²) in [6, 6.07) is 12.8. The quantitative estimate of drug-likeness (QED) is 0.524. The molecule has 0 saturated heterocycles. The average Bonchev–Trinajstić information content (AvgIpc) is 2.84. The minimum atomic E-state index is -1.18. The fourth-order valence-electron chi connectivity index (χ4n) is 4.16. The lowest BCUT2D eigenvalue weighted by molar-refractivity contribution is -0.127. The van der Waals surface area contributed by atoms with Crippen molar-refractivity contribution in [2.75, 3.05) is 6.54 Å². The second-order valence-corrected chi connectivity index (χ2v) is 8.30. The summed E-state index contributed by atoms with van der Waals surface area (Å²) in [5.41, 5.74) is 4.23. The van der Waals surface area contributed by atoms with Crippen LogP contribution in [0.25, 0.3) is 22.6 Å². The maximum Gasteiger partial charge on any atom is 0.339 e. The van der Waals surface area contributed by atoms with Crippen LogP contribution in [0.4, 0.5) is 9.18 Å². The number of nitrogens with zero attached hydrogens (tertiary/aromatic N) is 1. The van der Waals surface area contributed by atoms with Gasteiger partial charge < -0.3 is 10.1 Å². The van der Waals surface area contributed by atoms with Crippen LogP contribution in [0.2, 0.25) is 0 Å². The van der Waals surface area contributed by atoms with E-state index in [9.17, 15) is 18.8 Å². The molecule has 0 aliphatic heterocycles. The van der Waals surface area contributed by atoms with Gasteiger partial charge in [0.05, 0.1) is 16.8 Å². The van der Waals surface area contributed by atoms with E-state index in [-0.39, 0.29) is 5.82 Å². The molecule has 2 N–H and O–H groups in total. The number of fused-ring (bicyclic) bond motifs is 2. The van der Waals surface area contributed by atoms with Crippen molar-refractivity contribution >= 4 is 40.5 Å². The summed E-state index contributed by atoms with van der Waals surface area (Å²) in [5.74, 6) is -1.68. The van der Waals surface area contributed by atoms with E-state index < -0.39 is 24.0 Å². The molecule has 2 aromatic carbocycles. The van der Waals surface area contributed by atoms with E-state index in [2.05, 4.69) is 10.6 Å². The number of amides is 3. The number of aromatic nitrogens is 1. The van der Waals surface area contributed by atoms with Gasteiger partial charge in [-0.15, -0.1) is 0 Å². The predicted octanol–water partition coefficient (Wildman–Crippen LogP) is 4.64. The Morgan fingerprint density at radius 1 is 1.11 bits per heavy atom.